The number of hydrogen-bond acceptors (Lipinski definition) is 3. The van der Waals surface area contributed by atoms with E-state index in [-0.39, 0.29) is 23.8 Å². The van der Waals surface area contributed by atoms with Crippen LogP contribution in [0.3, 0.4) is 0 Å². The largest absolute Gasteiger partial charge is 0.353 e. The van der Waals surface area contributed by atoms with Crippen LogP contribution in [0.2, 0.25) is 0 Å². The molecule has 1 saturated carbocycles. The highest BCUT2D eigenvalue weighted by Gasteiger charge is 2.46. The molecule has 1 unspecified atom stereocenters. The van der Waals surface area contributed by atoms with Crippen molar-refractivity contribution < 1.29 is 9.59 Å². The fraction of sp³-hybridized carbons (Fsp3) is 0.308. The van der Waals surface area contributed by atoms with Gasteiger partial charge < -0.3 is 10.6 Å². The molecule has 1 heterocycles. The Morgan fingerprint density at radius 2 is 1.74 bits per heavy atom. The molecule has 2 amide bonds. The number of benzene rings is 3. The van der Waals surface area contributed by atoms with Gasteiger partial charge in [-0.3, -0.25) is 14.5 Å². The van der Waals surface area contributed by atoms with Crippen molar-refractivity contribution in [3.8, 4) is 0 Å². The van der Waals surface area contributed by atoms with Crippen LogP contribution >= 0.6 is 0 Å². The molecule has 0 aromatic heterocycles. The van der Waals surface area contributed by atoms with Crippen molar-refractivity contribution >= 4 is 22.6 Å². The molecule has 1 saturated heterocycles. The molecule has 2 aliphatic rings. The first kappa shape index (κ1) is 19.8. The minimum absolute atomic E-state index is 0.0630. The van der Waals surface area contributed by atoms with Gasteiger partial charge in [0.05, 0.1) is 18.0 Å². The van der Waals surface area contributed by atoms with Crippen LogP contribution in [0.1, 0.15) is 30.4 Å². The zero-order chi connectivity index (χ0) is 21.3. The van der Waals surface area contributed by atoms with E-state index in [1.54, 1.807) is 0 Å². The van der Waals surface area contributed by atoms with E-state index in [0.717, 1.165) is 30.5 Å². The summed E-state index contributed by atoms with van der Waals surface area (Å²) in [7, 11) is 0. The van der Waals surface area contributed by atoms with Crippen molar-refractivity contribution in [2.45, 2.75) is 37.4 Å². The van der Waals surface area contributed by atoms with Crippen molar-refractivity contribution in [1.29, 1.82) is 0 Å². The molecule has 0 radical (unpaired) electrons. The van der Waals surface area contributed by atoms with Gasteiger partial charge in [-0.1, -0.05) is 66.7 Å². The number of carbonyl (C=O) groups is 2. The number of hydrogen-bond donors (Lipinski definition) is 2. The highest BCUT2D eigenvalue weighted by Crippen LogP contribution is 2.45. The van der Waals surface area contributed by atoms with Crippen molar-refractivity contribution in [2.24, 2.45) is 0 Å². The van der Waals surface area contributed by atoms with Crippen molar-refractivity contribution in [3.63, 3.8) is 0 Å². The minimum atomic E-state index is -0.452. The van der Waals surface area contributed by atoms with Crippen LogP contribution in [0.4, 0.5) is 0 Å². The van der Waals surface area contributed by atoms with Gasteiger partial charge in [0.25, 0.3) is 0 Å². The number of piperazine rings is 1. The van der Waals surface area contributed by atoms with Crippen LogP contribution < -0.4 is 10.6 Å². The molecule has 2 fully saturated rings. The lowest BCUT2D eigenvalue weighted by Crippen LogP contribution is -2.56. The third-order valence-corrected chi connectivity index (χ3v) is 6.48. The third-order valence-electron chi connectivity index (χ3n) is 6.48. The molecule has 2 N–H and O–H groups in total. The number of rotatable bonds is 6. The second kappa shape index (κ2) is 8.16. The fourth-order valence-electron chi connectivity index (χ4n) is 4.61. The van der Waals surface area contributed by atoms with Gasteiger partial charge in [-0.05, 0) is 40.8 Å². The summed E-state index contributed by atoms with van der Waals surface area (Å²) in [5, 5.41) is 8.54. The standard InChI is InChI=1S/C26H27N3O2/c30-24(28-26(12-13-26)22-8-2-1-3-9-22)17-23-25(31)27-14-15-29(23)18-19-10-11-20-6-4-5-7-21(20)16-19/h1-11,16,23H,12-15,17-18H2,(H,27,31)(H,28,30). The van der Waals surface area contributed by atoms with Gasteiger partial charge >= 0.3 is 0 Å². The lowest BCUT2D eigenvalue weighted by Gasteiger charge is -2.35. The number of fused-ring (bicyclic) bond motifs is 1. The van der Waals surface area contributed by atoms with Gasteiger partial charge in [-0.25, -0.2) is 0 Å². The molecular formula is C26H27N3O2. The Bertz CT molecular complexity index is 1110. The van der Waals surface area contributed by atoms with Crippen LogP contribution in [-0.2, 0) is 21.7 Å². The molecule has 1 atom stereocenters. The van der Waals surface area contributed by atoms with E-state index in [4.69, 9.17) is 0 Å². The predicted molar refractivity (Wildman–Crippen MR) is 121 cm³/mol. The van der Waals surface area contributed by atoms with E-state index < -0.39 is 6.04 Å². The maximum atomic E-state index is 12.9. The molecule has 1 aliphatic carbocycles. The lowest BCUT2D eigenvalue weighted by atomic mass is 10.0. The van der Waals surface area contributed by atoms with E-state index in [2.05, 4.69) is 58.0 Å². The summed E-state index contributed by atoms with van der Waals surface area (Å²) in [6.07, 6.45) is 2.06. The molecule has 1 aliphatic heterocycles. The second-order valence-corrected chi connectivity index (χ2v) is 8.66. The number of nitrogens with zero attached hydrogens (tertiary/aromatic N) is 1. The van der Waals surface area contributed by atoms with Crippen LogP contribution in [0.5, 0.6) is 0 Å². The average Bonchev–Trinajstić information content (AvgIpc) is 3.57. The summed E-state index contributed by atoms with van der Waals surface area (Å²) in [4.78, 5) is 27.7. The second-order valence-electron chi connectivity index (χ2n) is 8.66. The third kappa shape index (κ3) is 4.19. The van der Waals surface area contributed by atoms with Gasteiger partial charge in [0, 0.05) is 19.6 Å². The molecule has 0 spiro atoms. The summed E-state index contributed by atoms with van der Waals surface area (Å²) < 4.78 is 0. The normalized spacial score (nSPS) is 20.3. The maximum absolute atomic E-state index is 12.9. The Kier molecular flexibility index (Phi) is 5.20. The molecule has 5 heteroatoms. The zero-order valence-corrected chi connectivity index (χ0v) is 17.5. The van der Waals surface area contributed by atoms with E-state index in [1.165, 1.54) is 10.8 Å². The van der Waals surface area contributed by atoms with E-state index >= 15 is 0 Å². The van der Waals surface area contributed by atoms with Crippen LogP contribution in [-0.4, -0.2) is 35.8 Å². The zero-order valence-electron chi connectivity index (χ0n) is 17.5. The van der Waals surface area contributed by atoms with Gasteiger partial charge in [-0.2, -0.15) is 0 Å². The summed E-state index contributed by atoms with van der Waals surface area (Å²) in [6, 6.07) is 24.3. The summed E-state index contributed by atoms with van der Waals surface area (Å²) in [5.41, 5.74) is 2.04. The van der Waals surface area contributed by atoms with E-state index in [1.807, 2.05) is 30.3 Å². The molecule has 31 heavy (non-hydrogen) atoms. The molecule has 5 rings (SSSR count). The Labute approximate surface area is 182 Å². The Balaban J connectivity index is 1.29. The number of carbonyl (C=O) groups excluding carboxylic acids is 2. The van der Waals surface area contributed by atoms with Gasteiger partial charge in [0.2, 0.25) is 11.8 Å². The quantitative estimate of drug-likeness (QED) is 0.652. The lowest BCUT2D eigenvalue weighted by molar-refractivity contribution is -0.134. The van der Waals surface area contributed by atoms with Gasteiger partial charge in [-0.15, -0.1) is 0 Å². The molecule has 5 nitrogen and oxygen atoms in total. The first-order valence-corrected chi connectivity index (χ1v) is 11.0. The highest BCUT2D eigenvalue weighted by atomic mass is 16.2. The molecule has 3 aromatic carbocycles. The SMILES string of the molecule is O=C(CC1C(=O)NCCN1Cc1ccc2ccccc2c1)NC1(c2ccccc2)CC1. The Hall–Kier alpha value is -3.18. The van der Waals surface area contributed by atoms with Crippen molar-refractivity contribution in [3.05, 3.63) is 83.9 Å². The molecule has 0 bridgehead atoms. The summed E-state index contributed by atoms with van der Waals surface area (Å²) in [6.45, 7) is 2.00. The highest BCUT2D eigenvalue weighted by molar-refractivity contribution is 5.89. The molecular weight excluding hydrogens is 386 g/mol. The minimum Gasteiger partial charge on any atom is -0.353 e. The first-order valence-electron chi connectivity index (χ1n) is 11.0. The topological polar surface area (TPSA) is 61.4 Å². The average molecular weight is 414 g/mol. The Morgan fingerprint density at radius 1 is 1.00 bits per heavy atom. The smallest absolute Gasteiger partial charge is 0.237 e. The summed E-state index contributed by atoms with van der Waals surface area (Å²) in [5.74, 6) is -0.126. The van der Waals surface area contributed by atoms with Crippen molar-refractivity contribution in [2.75, 3.05) is 13.1 Å². The van der Waals surface area contributed by atoms with Crippen LogP contribution in [0.15, 0.2) is 72.8 Å². The van der Waals surface area contributed by atoms with Crippen LogP contribution in [0, 0.1) is 0 Å². The summed E-state index contributed by atoms with van der Waals surface area (Å²) >= 11 is 0. The van der Waals surface area contributed by atoms with E-state index in [9.17, 15) is 9.59 Å². The first-order chi connectivity index (χ1) is 15.1. The Morgan fingerprint density at radius 3 is 2.52 bits per heavy atom. The van der Waals surface area contributed by atoms with E-state index in [0.29, 0.717) is 13.1 Å². The van der Waals surface area contributed by atoms with Gasteiger partial charge in [0.1, 0.15) is 0 Å². The molecule has 3 aromatic rings. The maximum Gasteiger partial charge on any atom is 0.237 e. The number of nitrogens with one attached hydrogen (secondary N) is 2. The van der Waals surface area contributed by atoms with Crippen molar-refractivity contribution in [1.82, 2.24) is 15.5 Å². The fourth-order valence-corrected chi connectivity index (χ4v) is 4.61. The predicted octanol–water partition coefficient (Wildman–Crippen LogP) is 3.34. The van der Waals surface area contributed by atoms with Gasteiger partial charge in [0.15, 0.2) is 0 Å². The van der Waals surface area contributed by atoms with Crippen LogP contribution in [0.25, 0.3) is 10.8 Å². The number of amides is 2. The monoisotopic (exact) mass is 413 g/mol. The molecule has 158 valence electrons.